The van der Waals surface area contributed by atoms with Crippen LogP contribution >= 0.6 is 0 Å². The van der Waals surface area contributed by atoms with E-state index in [0.29, 0.717) is 16.9 Å². The Kier molecular flexibility index (Phi) is 5.18. The zero-order valence-electron chi connectivity index (χ0n) is 15.8. The first-order chi connectivity index (χ1) is 13.9. The standard InChI is InChI=1S/C23H21F3N2O/c24-23(25,26)16-7-6-8-17(15-16)27-21-12-11-20(18-9-2-3-10-19(18)21)22(29)28-13-4-1-5-14-28/h2-3,6-12,15,27H,1,4-5,13-14H2. The molecule has 6 heteroatoms. The molecule has 0 bridgehead atoms. The van der Waals surface area contributed by atoms with Crippen molar-refractivity contribution in [1.82, 2.24) is 4.90 Å². The molecule has 0 unspecified atom stereocenters. The van der Waals surface area contributed by atoms with Crippen molar-refractivity contribution in [1.29, 1.82) is 0 Å². The van der Waals surface area contributed by atoms with Gasteiger partial charge in [-0.2, -0.15) is 13.2 Å². The van der Waals surface area contributed by atoms with Gasteiger partial charge in [0.2, 0.25) is 0 Å². The average molecular weight is 398 g/mol. The van der Waals surface area contributed by atoms with Crippen LogP contribution in [0.1, 0.15) is 35.2 Å². The highest BCUT2D eigenvalue weighted by Crippen LogP contribution is 2.34. The average Bonchev–Trinajstić information content (AvgIpc) is 2.74. The Bertz CT molecular complexity index is 1040. The van der Waals surface area contributed by atoms with Gasteiger partial charge in [-0.05, 0) is 55.0 Å². The maximum absolute atomic E-state index is 13.0. The third kappa shape index (κ3) is 4.06. The van der Waals surface area contributed by atoms with Gasteiger partial charge in [0, 0.05) is 35.4 Å². The number of nitrogens with one attached hydrogen (secondary N) is 1. The largest absolute Gasteiger partial charge is 0.416 e. The molecule has 3 aromatic carbocycles. The minimum atomic E-state index is -4.40. The number of rotatable bonds is 3. The highest BCUT2D eigenvalue weighted by molar-refractivity contribution is 6.10. The summed E-state index contributed by atoms with van der Waals surface area (Å²) in [7, 11) is 0. The molecule has 29 heavy (non-hydrogen) atoms. The lowest BCUT2D eigenvalue weighted by molar-refractivity contribution is -0.137. The summed E-state index contributed by atoms with van der Waals surface area (Å²) in [5, 5.41) is 4.67. The number of hydrogen-bond acceptors (Lipinski definition) is 2. The van der Waals surface area contributed by atoms with E-state index in [1.165, 1.54) is 6.07 Å². The molecule has 0 aliphatic carbocycles. The number of likely N-dealkylation sites (tertiary alicyclic amines) is 1. The molecule has 0 atom stereocenters. The van der Waals surface area contributed by atoms with Crippen LogP contribution in [0, 0.1) is 0 Å². The molecule has 0 spiro atoms. The quantitative estimate of drug-likeness (QED) is 0.567. The Morgan fingerprint density at radius 1 is 0.862 bits per heavy atom. The number of benzene rings is 3. The Morgan fingerprint density at radius 3 is 2.31 bits per heavy atom. The predicted molar refractivity (Wildman–Crippen MR) is 108 cm³/mol. The number of carbonyl (C=O) groups excluding carboxylic acids is 1. The van der Waals surface area contributed by atoms with Gasteiger partial charge in [0.25, 0.3) is 5.91 Å². The molecule has 0 aromatic heterocycles. The van der Waals surface area contributed by atoms with Crippen molar-refractivity contribution in [3.05, 3.63) is 71.8 Å². The fraction of sp³-hybridized carbons (Fsp3) is 0.261. The summed E-state index contributed by atoms with van der Waals surface area (Å²) in [6.07, 6.45) is -1.23. The van der Waals surface area contributed by atoms with Crippen molar-refractivity contribution < 1.29 is 18.0 Å². The summed E-state index contributed by atoms with van der Waals surface area (Å²) >= 11 is 0. The lowest BCUT2D eigenvalue weighted by atomic mass is 10.0. The molecular formula is C23H21F3N2O. The second-order valence-electron chi connectivity index (χ2n) is 7.26. The summed E-state index contributed by atoms with van der Waals surface area (Å²) in [6.45, 7) is 1.52. The normalized spacial score (nSPS) is 14.8. The Morgan fingerprint density at radius 2 is 1.59 bits per heavy atom. The molecule has 1 aliphatic rings. The summed E-state index contributed by atoms with van der Waals surface area (Å²) in [5.41, 5.74) is 0.927. The van der Waals surface area contributed by atoms with Gasteiger partial charge in [0.15, 0.2) is 0 Å². The van der Waals surface area contributed by atoms with Crippen LogP contribution in [-0.4, -0.2) is 23.9 Å². The number of alkyl halides is 3. The minimum Gasteiger partial charge on any atom is -0.355 e. The van der Waals surface area contributed by atoms with Crippen molar-refractivity contribution in [2.45, 2.75) is 25.4 Å². The summed E-state index contributed by atoms with van der Waals surface area (Å²) < 4.78 is 39.0. The lowest BCUT2D eigenvalue weighted by Gasteiger charge is -2.27. The fourth-order valence-corrected chi connectivity index (χ4v) is 3.79. The van der Waals surface area contributed by atoms with E-state index in [1.54, 1.807) is 18.2 Å². The number of fused-ring (bicyclic) bond motifs is 1. The van der Waals surface area contributed by atoms with E-state index < -0.39 is 11.7 Å². The first-order valence-electron chi connectivity index (χ1n) is 9.69. The molecule has 1 aliphatic heterocycles. The Balaban J connectivity index is 1.70. The number of halogens is 3. The van der Waals surface area contributed by atoms with Gasteiger partial charge in [-0.25, -0.2) is 0 Å². The second kappa shape index (κ2) is 7.78. The first kappa shape index (κ1) is 19.3. The molecule has 0 radical (unpaired) electrons. The number of hydrogen-bond donors (Lipinski definition) is 1. The van der Waals surface area contributed by atoms with E-state index in [4.69, 9.17) is 0 Å². The van der Waals surface area contributed by atoms with Gasteiger partial charge in [-0.15, -0.1) is 0 Å². The maximum atomic E-state index is 13.0. The molecule has 0 saturated carbocycles. The third-order valence-electron chi connectivity index (χ3n) is 5.27. The van der Waals surface area contributed by atoms with E-state index in [0.717, 1.165) is 55.3 Å². The van der Waals surface area contributed by atoms with Crippen molar-refractivity contribution in [2.75, 3.05) is 18.4 Å². The fourth-order valence-electron chi connectivity index (χ4n) is 3.79. The number of nitrogens with zero attached hydrogens (tertiary/aromatic N) is 1. The van der Waals surface area contributed by atoms with E-state index >= 15 is 0 Å². The molecule has 1 N–H and O–H groups in total. The van der Waals surface area contributed by atoms with Crippen LogP contribution in [0.3, 0.4) is 0 Å². The van der Waals surface area contributed by atoms with Gasteiger partial charge < -0.3 is 10.2 Å². The second-order valence-corrected chi connectivity index (χ2v) is 7.26. The van der Waals surface area contributed by atoms with Gasteiger partial charge in [0.05, 0.1) is 5.56 Å². The highest BCUT2D eigenvalue weighted by Gasteiger charge is 2.30. The topological polar surface area (TPSA) is 32.3 Å². The van der Waals surface area contributed by atoms with Gasteiger partial charge in [0.1, 0.15) is 0 Å². The van der Waals surface area contributed by atoms with E-state index in [1.807, 2.05) is 29.2 Å². The zero-order chi connectivity index (χ0) is 20.4. The van der Waals surface area contributed by atoms with Crippen molar-refractivity contribution in [3.8, 4) is 0 Å². The number of amides is 1. The van der Waals surface area contributed by atoms with Crippen LogP contribution in [0.5, 0.6) is 0 Å². The lowest BCUT2D eigenvalue weighted by Crippen LogP contribution is -2.35. The monoisotopic (exact) mass is 398 g/mol. The van der Waals surface area contributed by atoms with E-state index in [-0.39, 0.29) is 5.91 Å². The van der Waals surface area contributed by atoms with Gasteiger partial charge >= 0.3 is 6.18 Å². The van der Waals surface area contributed by atoms with Gasteiger partial charge in [-0.1, -0.05) is 30.3 Å². The van der Waals surface area contributed by atoms with Crippen LogP contribution in [0.25, 0.3) is 10.8 Å². The smallest absolute Gasteiger partial charge is 0.355 e. The van der Waals surface area contributed by atoms with Crippen LogP contribution in [0.15, 0.2) is 60.7 Å². The maximum Gasteiger partial charge on any atom is 0.416 e. The number of piperidine rings is 1. The van der Waals surface area contributed by atoms with Crippen LogP contribution < -0.4 is 5.32 Å². The van der Waals surface area contributed by atoms with E-state index in [9.17, 15) is 18.0 Å². The zero-order valence-corrected chi connectivity index (χ0v) is 15.8. The first-order valence-corrected chi connectivity index (χ1v) is 9.69. The predicted octanol–water partition coefficient (Wildman–Crippen LogP) is 6.23. The SMILES string of the molecule is O=C(c1ccc(Nc2cccc(C(F)(F)F)c2)c2ccccc12)N1CCCCC1. The molecule has 1 amide bonds. The summed E-state index contributed by atoms with van der Waals surface area (Å²) in [6, 6.07) is 16.1. The van der Waals surface area contributed by atoms with Crippen molar-refractivity contribution in [3.63, 3.8) is 0 Å². The molecule has 4 rings (SSSR count). The van der Waals surface area contributed by atoms with Crippen molar-refractivity contribution in [2.24, 2.45) is 0 Å². The van der Waals surface area contributed by atoms with Crippen LogP contribution in [0.4, 0.5) is 24.5 Å². The molecule has 1 heterocycles. The van der Waals surface area contributed by atoms with Crippen LogP contribution in [0.2, 0.25) is 0 Å². The minimum absolute atomic E-state index is 0.00604. The van der Waals surface area contributed by atoms with E-state index in [2.05, 4.69) is 5.32 Å². The summed E-state index contributed by atoms with van der Waals surface area (Å²) in [5.74, 6) is 0.00604. The van der Waals surface area contributed by atoms with Crippen molar-refractivity contribution >= 4 is 28.1 Å². The van der Waals surface area contributed by atoms with Gasteiger partial charge in [-0.3, -0.25) is 4.79 Å². The number of anilines is 2. The third-order valence-corrected chi connectivity index (χ3v) is 5.27. The highest BCUT2D eigenvalue weighted by atomic mass is 19.4. The van der Waals surface area contributed by atoms with Crippen LogP contribution in [-0.2, 0) is 6.18 Å². The Labute approximate surface area is 167 Å². The molecule has 3 nitrogen and oxygen atoms in total. The molecule has 150 valence electrons. The molecular weight excluding hydrogens is 377 g/mol. The number of carbonyl (C=O) groups is 1. The summed E-state index contributed by atoms with van der Waals surface area (Å²) in [4.78, 5) is 14.9. The molecule has 1 fully saturated rings. The Hall–Kier alpha value is -3.02. The molecule has 3 aromatic rings. The molecule has 1 saturated heterocycles.